The number of rotatable bonds is 3. The van der Waals surface area contributed by atoms with E-state index in [-0.39, 0.29) is 17.6 Å². The second-order valence-corrected chi connectivity index (χ2v) is 6.13. The molecule has 1 aromatic carbocycles. The normalized spacial score (nSPS) is 26.9. The predicted molar refractivity (Wildman–Crippen MR) is 73.9 cm³/mol. The van der Waals surface area contributed by atoms with Crippen molar-refractivity contribution in [2.45, 2.75) is 58.7 Å². The summed E-state index contributed by atoms with van der Waals surface area (Å²) in [5.41, 5.74) is 1.55. The lowest BCUT2D eigenvalue weighted by Crippen LogP contribution is -2.41. The zero-order valence-electron chi connectivity index (χ0n) is 11.6. The van der Waals surface area contributed by atoms with E-state index in [4.69, 9.17) is 4.74 Å². The van der Waals surface area contributed by atoms with E-state index in [1.807, 2.05) is 12.1 Å². The van der Waals surface area contributed by atoms with Crippen LogP contribution < -0.4 is 4.74 Å². The van der Waals surface area contributed by atoms with Crippen molar-refractivity contribution in [1.82, 2.24) is 0 Å². The molecule has 0 radical (unpaired) electrons. The lowest BCUT2D eigenvalue weighted by atomic mass is 9.75. The number of hydrogen-bond acceptors (Lipinski definition) is 2. The van der Waals surface area contributed by atoms with Gasteiger partial charge in [0.2, 0.25) is 0 Å². The largest absolute Gasteiger partial charge is 0.488 e. The molecule has 18 heavy (non-hydrogen) atoms. The lowest BCUT2D eigenvalue weighted by Gasteiger charge is -2.38. The summed E-state index contributed by atoms with van der Waals surface area (Å²) in [5, 5.41) is 10.1. The molecule has 1 N–H and O–H groups in total. The van der Waals surface area contributed by atoms with Gasteiger partial charge in [0.15, 0.2) is 0 Å². The third-order valence-electron chi connectivity index (χ3n) is 3.89. The smallest absolute Gasteiger partial charge is 0.125 e. The van der Waals surface area contributed by atoms with Crippen molar-refractivity contribution in [3.05, 3.63) is 29.8 Å². The Bertz CT molecular complexity index is 398. The summed E-state index contributed by atoms with van der Waals surface area (Å²) in [6.07, 6.45) is 3.44. The lowest BCUT2D eigenvalue weighted by molar-refractivity contribution is -0.0304. The van der Waals surface area contributed by atoms with Crippen LogP contribution in [0.5, 0.6) is 5.75 Å². The van der Waals surface area contributed by atoms with Gasteiger partial charge in [-0.25, -0.2) is 0 Å². The first-order valence-electron chi connectivity index (χ1n) is 6.94. The van der Waals surface area contributed by atoms with Crippen LogP contribution in [0.4, 0.5) is 0 Å². The number of ether oxygens (including phenoxy) is 1. The van der Waals surface area contributed by atoms with Crippen LogP contribution in [0.15, 0.2) is 24.3 Å². The molecule has 1 aromatic rings. The summed E-state index contributed by atoms with van der Waals surface area (Å²) in [7, 11) is 0. The molecule has 2 unspecified atom stereocenters. The van der Waals surface area contributed by atoms with E-state index in [0.29, 0.717) is 0 Å². The number of aryl methyl sites for hydroxylation is 1. The molecule has 0 amide bonds. The van der Waals surface area contributed by atoms with Crippen molar-refractivity contribution in [3.8, 4) is 5.75 Å². The molecule has 1 fully saturated rings. The highest BCUT2D eigenvalue weighted by atomic mass is 16.5. The van der Waals surface area contributed by atoms with Crippen LogP contribution in [0.25, 0.3) is 0 Å². The van der Waals surface area contributed by atoms with Gasteiger partial charge in [0, 0.05) is 0 Å². The Labute approximate surface area is 110 Å². The Balaban J connectivity index is 2.07. The van der Waals surface area contributed by atoms with E-state index in [1.54, 1.807) is 0 Å². The van der Waals surface area contributed by atoms with Gasteiger partial charge in [-0.1, -0.05) is 32.9 Å². The molecule has 1 aliphatic carbocycles. The van der Waals surface area contributed by atoms with E-state index >= 15 is 0 Å². The second kappa shape index (κ2) is 5.31. The molecular formula is C16H24O2. The quantitative estimate of drug-likeness (QED) is 0.886. The summed E-state index contributed by atoms with van der Waals surface area (Å²) in [6, 6.07) is 8.18. The van der Waals surface area contributed by atoms with Crippen molar-refractivity contribution < 1.29 is 9.84 Å². The Morgan fingerprint density at radius 1 is 1.39 bits per heavy atom. The average molecular weight is 248 g/mol. The molecule has 1 saturated carbocycles. The monoisotopic (exact) mass is 248 g/mol. The maximum absolute atomic E-state index is 10.1. The van der Waals surface area contributed by atoms with E-state index in [1.165, 1.54) is 5.56 Å². The number of aliphatic hydroxyl groups is 1. The molecule has 0 aromatic heterocycles. The number of hydrogen-bond donors (Lipinski definition) is 1. The van der Waals surface area contributed by atoms with E-state index < -0.39 is 0 Å². The fourth-order valence-corrected chi connectivity index (χ4v) is 2.64. The molecule has 2 nitrogen and oxygen atoms in total. The van der Waals surface area contributed by atoms with Crippen molar-refractivity contribution in [3.63, 3.8) is 0 Å². The highest BCUT2D eigenvalue weighted by Crippen LogP contribution is 2.37. The molecule has 2 rings (SSSR count). The van der Waals surface area contributed by atoms with Crippen molar-refractivity contribution in [1.29, 1.82) is 0 Å². The van der Waals surface area contributed by atoms with Gasteiger partial charge >= 0.3 is 0 Å². The zero-order valence-corrected chi connectivity index (χ0v) is 11.6. The van der Waals surface area contributed by atoms with Crippen LogP contribution in [-0.2, 0) is 6.42 Å². The van der Waals surface area contributed by atoms with Gasteiger partial charge in [0.1, 0.15) is 11.9 Å². The van der Waals surface area contributed by atoms with E-state index in [9.17, 15) is 5.11 Å². The summed E-state index contributed by atoms with van der Waals surface area (Å²) >= 11 is 0. The van der Waals surface area contributed by atoms with E-state index in [2.05, 4.69) is 32.9 Å². The third-order valence-corrected chi connectivity index (χ3v) is 3.89. The molecule has 1 aliphatic rings. The van der Waals surface area contributed by atoms with Gasteiger partial charge in [-0.05, 0) is 48.8 Å². The van der Waals surface area contributed by atoms with Crippen LogP contribution >= 0.6 is 0 Å². The maximum Gasteiger partial charge on any atom is 0.125 e. The van der Waals surface area contributed by atoms with Gasteiger partial charge in [-0.3, -0.25) is 0 Å². The standard InChI is InChI=1S/C16H24O2/c1-4-12-6-5-7-13(10-12)18-15-11-16(2,3)9-8-14(15)17/h5-7,10,14-15,17H,4,8-9,11H2,1-3H3. The maximum atomic E-state index is 10.1. The fraction of sp³-hybridized carbons (Fsp3) is 0.625. The van der Waals surface area contributed by atoms with Gasteiger partial charge in [-0.15, -0.1) is 0 Å². The van der Waals surface area contributed by atoms with Gasteiger partial charge in [0.05, 0.1) is 6.10 Å². The van der Waals surface area contributed by atoms with Crippen LogP contribution in [0.1, 0.15) is 45.6 Å². The minimum absolute atomic E-state index is 0.0687. The zero-order chi connectivity index (χ0) is 13.2. The van der Waals surface area contributed by atoms with Gasteiger partial charge < -0.3 is 9.84 Å². The molecule has 0 heterocycles. The minimum Gasteiger partial charge on any atom is -0.488 e. The van der Waals surface area contributed by atoms with Gasteiger partial charge in [0.25, 0.3) is 0 Å². The number of aliphatic hydroxyl groups excluding tert-OH is 1. The highest BCUT2D eigenvalue weighted by Gasteiger charge is 2.35. The SMILES string of the molecule is CCc1cccc(OC2CC(C)(C)CCC2O)c1. The average Bonchev–Trinajstić information content (AvgIpc) is 2.34. The molecule has 2 atom stereocenters. The minimum atomic E-state index is -0.330. The fourth-order valence-electron chi connectivity index (χ4n) is 2.64. The van der Waals surface area contributed by atoms with Crippen LogP contribution in [0.2, 0.25) is 0 Å². The van der Waals surface area contributed by atoms with Crippen LogP contribution in [0.3, 0.4) is 0 Å². The molecule has 0 aliphatic heterocycles. The van der Waals surface area contributed by atoms with Gasteiger partial charge in [-0.2, -0.15) is 0 Å². The molecule has 0 saturated heterocycles. The first-order valence-corrected chi connectivity index (χ1v) is 6.94. The van der Waals surface area contributed by atoms with Crippen molar-refractivity contribution >= 4 is 0 Å². The molecule has 100 valence electrons. The topological polar surface area (TPSA) is 29.5 Å². The van der Waals surface area contributed by atoms with Crippen LogP contribution in [-0.4, -0.2) is 17.3 Å². The number of benzene rings is 1. The molecule has 0 bridgehead atoms. The highest BCUT2D eigenvalue weighted by molar-refractivity contribution is 5.28. The third kappa shape index (κ3) is 3.26. The molecule has 0 spiro atoms. The summed E-state index contributed by atoms with van der Waals surface area (Å²) in [4.78, 5) is 0. The summed E-state index contributed by atoms with van der Waals surface area (Å²) < 4.78 is 6.00. The molecular weight excluding hydrogens is 224 g/mol. The van der Waals surface area contributed by atoms with E-state index in [0.717, 1.165) is 31.4 Å². The van der Waals surface area contributed by atoms with Crippen molar-refractivity contribution in [2.24, 2.45) is 5.41 Å². The Hall–Kier alpha value is -1.02. The molecule has 2 heteroatoms. The first kappa shape index (κ1) is 13.4. The predicted octanol–water partition coefficient (Wildman–Crippen LogP) is 3.57. The second-order valence-electron chi connectivity index (χ2n) is 6.13. The van der Waals surface area contributed by atoms with Crippen LogP contribution in [0, 0.1) is 5.41 Å². The Kier molecular flexibility index (Phi) is 3.96. The summed E-state index contributed by atoms with van der Waals surface area (Å²) in [5.74, 6) is 0.885. The van der Waals surface area contributed by atoms with Crippen molar-refractivity contribution in [2.75, 3.05) is 0 Å². The summed E-state index contributed by atoms with van der Waals surface area (Å²) in [6.45, 7) is 6.63. The Morgan fingerprint density at radius 2 is 2.17 bits per heavy atom. The first-order chi connectivity index (χ1) is 8.50. The Morgan fingerprint density at radius 3 is 2.89 bits per heavy atom.